The Morgan fingerprint density at radius 3 is 2.46 bits per heavy atom. The van der Waals surface area contributed by atoms with Crippen LogP contribution < -0.4 is 0 Å². The lowest BCUT2D eigenvalue weighted by atomic mass is 10.0. The molecule has 1 aromatic heterocycles. The molecule has 0 N–H and O–H groups in total. The van der Waals surface area contributed by atoms with Crippen LogP contribution in [-0.4, -0.2) is 49.5 Å². The molecule has 0 spiro atoms. The third-order valence-corrected chi connectivity index (χ3v) is 6.54. The molecule has 0 aliphatic carbocycles. The molecule has 1 aromatic carbocycles. The molecule has 6 nitrogen and oxygen atoms in total. The van der Waals surface area contributed by atoms with E-state index in [1.165, 1.54) is 16.4 Å². The predicted octanol–water partition coefficient (Wildman–Crippen LogP) is 2.11. The maximum absolute atomic E-state index is 13.2. The Morgan fingerprint density at radius 1 is 1.21 bits per heavy atom. The minimum Gasteiger partial charge on any atom is -0.360 e. The molecule has 1 saturated heterocycles. The van der Waals surface area contributed by atoms with Crippen molar-refractivity contribution < 1.29 is 17.3 Å². The average molecular weight is 353 g/mol. The minimum absolute atomic E-state index is 0.130. The van der Waals surface area contributed by atoms with E-state index in [0.717, 1.165) is 5.56 Å². The van der Waals surface area contributed by atoms with Gasteiger partial charge in [0.1, 0.15) is 16.4 Å². The molecule has 24 heavy (non-hydrogen) atoms. The number of hydrogen-bond acceptors (Lipinski definition) is 5. The number of hydrogen-bond donors (Lipinski definition) is 0. The molecule has 1 fully saturated rings. The number of rotatable bonds is 3. The van der Waals surface area contributed by atoms with Gasteiger partial charge in [-0.1, -0.05) is 17.3 Å². The summed E-state index contributed by atoms with van der Waals surface area (Å²) < 4.78 is 45.6. The van der Waals surface area contributed by atoms with Crippen molar-refractivity contribution in [2.75, 3.05) is 26.7 Å². The van der Waals surface area contributed by atoms with E-state index in [4.69, 9.17) is 4.52 Å². The van der Waals surface area contributed by atoms with Crippen LogP contribution in [0.1, 0.15) is 23.1 Å². The summed E-state index contributed by atoms with van der Waals surface area (Å²) >= 11 is 0. The molecular weight excluding hydrogens is 333 g/mol. The van der Waals surface area contributed by atoms with Gasteiger partial charge in [-0.2, -0.15) is 4.31 Å². The van der Waals surface area contributed by atoms with Gasteiger partial charge in [0, 0.05) is 25.7 Å². The second-order valence-corrected chi connectivity index (χ2v) is 7.94. The zero-order valence-electron chi connectivity index (χ0n) is 13.9. The van der Waals surface area contributed by atoms with Gasteiger partial charge in [0.05, 0.1) is 0 Å². The van der Waals surface area contributed by atoms with Gasteiger partial charge in [0.25, 0.3) is 0 Å². The summed E-state index contributed by atoms with van der Waals surface area (Å²) in [5, 5.41) is 3.75. The van der Waals surface area contributed by atoms with Gasteiger partial charge in [-0.15, -0.1) is 0 Å². The Hall–Kier alpha value is -1.77. The summed E-state index contributed by atoms with van der Waals surface area (Å²) in [7, 11) is -1.74. The normalized spacial score (nSPS) is 20.4. The number of likely N-dealkylation sites (N-methyl/N-ethyl adjacent to an activating group) is 1. The van der Waals surface area contributed by atoms with E-state index >= 15 is 0 Å². The fourth-order valence-corrected chi connectivity index (χ4v) is 4.81. The highest BCUT2D eigenvalue weighted by Gasteiger charge is 2.36. The molecular formula is C16H20FN3O3S. The first-order chi connectivity index (χ1) is 11.3. The van der Waals surface area contributed by atoms with Crippen molar-refractivity contribution in [3.63, 3.8) is 0 Å². The standard InChI is InChI=1S/C16H20FN3O3S/c1-11-16(12(2)23-18-11)24(21,22)20-9-8-19(3)15(10-20)13-4-6-14(17)7-5-13/h4-7,15H,8-10H2,1-3H3. The van der Waals surface area contributed by atoms with E-state index in [9.17, 15) is 12.8 Å². The van der Waals surface area contributed by atoms with Crippen LogP contribution in [0.4, 0.5) is 4.39 Å². The fourth-order valence-electron chi connectivity index (χ4n) is 3.08. The molecule has 1 atom stereocenters. The number of piperazine rings is 1. The molecule has 1 unspecified atom stereocenters. The van der Waals surface area contributed by atoms with Crippen LogP contribution in [0.5, 0.6) is 0 Å². The zero-order valence-corrected chi connectivity index (χ0v) is 14.7. The van der Waals surface area contributed by atoms with Gasteiger partial charge in [-0.3, -0.25) is 4.90 Å². The highest BCUT2D eigenvalue weighted by Crippen LogP contribution is 2.30. The lowest BCUT2D eigenvalue weighted by Gasteiger charge is -2.38. The summed E-state index contributed by atoms with van der Waals surface area (Å²) in [5.74, 6) is -0.0119. The maximum Gasteiger partial charge on any atom is 0.248 e. The highest BCUT2D eigenvalue weighted by atomic mass is 32.2. The zero-order chi connectivity index (χ0) is 17.5. The van der Waals surface area contributed by atoms with E-state index < -0.39 is 10.0 Å². The molecule has 2 heterocycles. The van der Waals surface area contributed by atoms with Crippen LogP contribution in [0.3, 0.4) is 0 Å². The summed E-state index contributed by atoms with van der Waals surface area (Å²) in [4.78, 5) is 2.22. The first-order valence-corrected chi connectivity index (χ1v) is 9.13. The quantitative estimate of drug-likeness (QED) is 0.845. The van der Waals surface area contributed by atoms with Crippen molar-refractivity contribution in [2.24, 2.45) is 0 Å². The number of aromatic nitrogens is 1. The van der Waals surface area contributed by atoms with Gasteiger partial charge >= 0.3 is 0 Å². The third kappa shape index (κ3) is 2.97. The molecule has 2 aromatic rings. The largest absolute Gasteiger partial charge is 0.360 e. The molecule has 8 heteroatoms. The Morgan fingerprint density at radius 2 is 1.88 bits per heavy atom. The first-order valence-electron chi connectivity index (χ1n) is 7.69. The molecule has 3 rings (SSSR count). The number of sulfonamides is 1. The maximum atomic E-state index is 13.2. The van der Waals surface area contributed by atoms with Crippen molar-refractivity contribution >= 4 is 10.0 Å². The van der Waals surface area contributed by atoms with Gasteiger partial charge in [-0.05, 0) is 38.6 Å². The Labute approximate surface area is 140 Å². The van der Waals surface area contributed by atoms with Crippen molar-refractivity contribution in [2.45, 2.75) is 24.8 Å². The fraction of sp³-hybridized carbons (Fsp3) is 0.438. The molecule has 130 valence electrons. The summed E-state index contributed by atoms with van der Waals surface area (Å²) in [6.07, 6.45) is 0. The van der Waals surface area contributed by atoms with Crippen LogP contribution in [-0.2, 0) is 10.0 Å². The molecule has 1 aliphatic heterocycles. The van der Waals surface area contributed by atoms with Gasteiger partial charge in [0.15, 0.2) is 5.76 Å². The number of benzene rings is 1. The van der Waals surface area contributed by atoms with Crippen LogP contribution in [0.15, 0.2) is 33.7 Å². The lowest BCUT2D eigenvalue weighted by Crippen LogP contribution is -2.49. The third-order valence-electron chi connectivity index (χ3n) is 4.43. The summed E-state index contributed by atoms with van der Waals surface area (Å²) in [6.45, 7) is 4.50. The number of halogens is 1. The predicted molar refractivity (Wildman–Crippen MR) is 86.5 cm³/mol. The molecule has 1 aliphatic rings. The van der Waals surface area contributed by atoms with Crippen molar-refractivity contribution in [1.82, 2.24) is 14.4 Å². The van der Waals surface area contributed by atoms with E-state index in [2.05, 4.69) is 10.1 Å². The molecule has 0 saturated carbocycles. The summed E-state index contributed by atoms with van der Waals surface area (Å²) in [5.41, 5.74) is 1.25. The second-order valence-electron chi connectivity index (χ2n) is 6.06. The van der Waals surface area contributed by atoms with Gasteiger partial charge in [0.2, 0.25) is 10.0 Å². The van der Waals surface area contributed by atoms with Crippen LogP contribution in [0.2, 0.25) is 0 Å². The van der Waals surface area contributed by atoms with Crippen molar-refractivity contribution in [3.05, 3.63) is 47.1 Å². The first kappa shape index (κ1) is 17.1. The van der Waals surface area contributed by atoms with Crippen molar-refractivity contribution in [3.8, 4) is 0 Å². The molecule has 0 radical (unpaired) electrons. The van der Waals surface area contributed by atoms with E-state index in [1.807, 2.05) is 7.05 Å². The smallest absolute Gasteiger partial charge is 0.248 e. The van der Waals surface area contributed by atoms with E-state index in [1.54, 1.807) is 26.0 Å². The lowest BCUT2D eigenvalue weighted by molar-refractivity contribution is 0.148. The van der Waals surface area contributed by atoms with E-state index in [0.29, 0.717) is 31.1 Å². The van der Waals surface area contributed by atoms with Gasteiger partial charge < -0.3 is 4.52 Å². The van der Waals surface area contributed by atoms with Crippen LogP contribution in [0, 0.1) is 19.7 Å². The Bertz CT molecular complexity index is 813. The topological polar surface area (TPSA) is 66.7 Å². The number of aryl methyl sites for hydroxylation is 2. The Kier molecular flexibility index (Phi) is 4.46. The monoisotopic (exact) mass is 353 g/mol. The average Bonchev–Trinajstić information content (AvgIpc) is 2.88. The highest BCUT2D eigenvalue weighted by molar-refractivity contribution is 7.89. The molecule has 0 amide bonds. The van der Waals surface area contributed by atoms with E-state index in [-0.39, 0.29) is 16.8 Å². The van der Waals surface area contributed by atoms with Crippen LogP contribution >= 0.6 is 0 Å². The van der Waals surface area contributed by atoms with Crippen molar-refractivity contribution in [1.29, 1.82) is 0 Å². The second kappa shape index (κ2) is 6.27. The Balaban J connectivity index is 1.91. The summed E-state index contributed by atoms with van der Waals surface area (Å²) in [6, 6.07) is 6.05. The SMILES string of the molecule is Cc1noc(C)c1S(=O)(=O)N1CCN(C)C(c2ccc(F)cc2)C1. The van der Waals surface area contributed by atoms with Crippen LogP contribution in [0.25, 0.3) is 0 Å². The minimum atomic E-state index is -3.68. The van der Waals surface area contributed by atoms with Gasteiger partial charge in [-0.25, -0.2) is 12.8 Å². The molecule has 0 bridgehead atoms. The number of nitrogens with zero attached hydrogens (tertiary/aromatic N) is 3.